The number of hydrogen-bond donors (Lipinski definition) is 2. The summed E-state index contributed by atoms with van der Waals surface area (Å²) in [6.07, 6.45) is 3.40. The number of benzene rings is 2. The van der Waals surface area contributed by atoms with Gasteiger partial charge in [-0.3, -0.25) is 14.2 Å². The fourth-order valence-electron chi connectivity index (χ4n) is 5.76. The zero-order valence-electron chi connectivity index (χ0n) is 25.6. The molecule has 2 N–H and O–H groups in total. The van der Waals surface area contributed by atoms with Crippen LogP contribution in [0.4, 0.5) is 28.7 Å². The summed E-state index contributed by atoms with van der Waals surface area (Å²) in [6.45, 7) is 5.76. The molecule has 6 rings (SSSR count). The largest absolute Gasteiger partial charge is 0.494 e. The highest BCUT2D eigenvalue weighted by atomic mass is 16.5. The van der Waals surface area contributed by atoms with Gasteiger partial charge in [0.2, 0.25) is 5.95 Å². The molecular weight excluding hydrogens is 574 g/mol. The van der Waals surface area contributed by atoms with Gasteiger partial charge in [-0.05, 0) is 75.5 Å². The van der Waals surface area contributed by atoms with Crippen molar-refractivity contribution < 1.29 is 19.4 Å². The number of anilines is 5. The molecular formula is C33H37N7O5. The van der Waals surface area contributed by atoms with Crippen LogP contribution in [0.25, 0.3) is 11.0 Å². The van der Waals surface area contributed by atoms with Crippen LogP contribution in [0.5, 0.6) is 11.5 Å². The molecule has 2 aromatic carbocycles. The number of rotatable bonds is 10. The molecule has 0 unspecified atom stereocenters. The van der Waals surface area contributed by atoms with Crippen LogP contribution in [0.2, 0.25) is 0 Å². The Bertz CT molecular complexity index is 1780. The Labute approximate surface area is 261 Å². The van der Waals surface area contributed by atoms with Gasteiger partial charge in [0.05, 0.1) is 18.9 Å². The van der Waals surface area contributed by atoms with E-state index < -0.39 is 6.10 Å². The number of carbonyl (C=O) groups is 1. The smallest absolute Gasteiger partial charge is 0.276 e. The van der Waals surface area contributed by atoms with E-state index in [-0.39, 0.29) is 17.5 Å². The molecule has 12 nitrogen and oxygen atoms in total. The second-order valence-corrected chi connectivity index (χ2v) is 11.4. The van der Waals surface area contributed by atoms with E-state index in [1.807, 2.05) is 55.4 Å². The Morgan fingerprint density at radius 3 is 2.62 bits per heavy atom. The molecule has 1 amide bonds. The van der Waals surface area contributed by atoms with Crippen molar-refractivity contribution in [1.29, 1.82) is 0 Å². The van der Waals surface area contributed by atoms with Gasteiger partial charge in [0, 0.05) is 42.9 Å². The number of nitrogens with one attached hydrogen (secondary N) is 1. The summed E-state index contributed by atoms with van der Waals surface area (Å²) in [6, 6.07) is 14.6. The first-order chi connectivity index (χ1) is 21.8. The van der Waals surface area contributed by atoms with Gasteiger partial charge < -0.3 is 34.6 Å². The fraction of sp³-hybridized carbons (Fsp3) is 0.333. The van der Waals surface area contributed by atoms with Crippen molar-refractivity contribution in [2.45, 2.75) is 25.0 Å². The molecule has 1 fully saturated rings. The monoisotopic (exact) mass is 611 g/mol. The van der Waals surface area contributed by atoms with E-state index in [1.165, 1.54) is 6.08 Å². The van der Waals surface area contributed by atoms with Crippen molar-refractivity contribution in [1.82, 2.24) is 19.4 Å². The number of methoxy groups -OCH3 is 1. The van der Waals surface area contributed by atoms with Crippen LogP contribution >= 0.6 is 0 Å². The number of hydrogen-bond acceptors (Lipinski definition) is 10. The number of ether oxygens (including phenoxy) is 2. The van der Waals surface area contributed by atoms with Gasteiger partial charge in [0.1, 0.15) is 35.1 Å². The Hall–Kier alpha value is -4.94. The molecule has 0 radical (unpaired) electrons. The Balaban J connectivity index is 1.37. The predicted octanol–water partition coefficient (Wildman–Crippen LogP) is 3.85. The lowest BCUT2D eigenvalue weighted by Crippen LogP contribution is -2.44. The highest BCUT2D eigenvalue weighted by molar-refractivity contribution is 6.06. The zero-order valence-corrected chi connectivity index (χ0v) is 25.6. The van der Waals surface area contributed by atoms with E-state index >= 15 is 0 Å². The van der Waals surface area contributed by atoms with Crippen molar-refractivity contribution in [2.24, 2.45) is 0 Å². The van der Waals surface area contributed by atoms with Crippen molar-refractivity contribution in [3.05, 3.63) is 77.7 Å². The number of aromatic nitrogens is 3. The lowest BCUT2D eigenvalue weighted by Gasteiger charge is -2.39. The third-order valence-electron chi connectivity index (χ3n) is 8.16. The predicted molar refractivity (Wildman–Crippen MR) is 174 cm³/mol. The summed E-state index contributed by atoms with van der Waals surface area (Å²) in [4.78, 5) is 42.0. The molecule has 0 saturated heterocycles. The minimum Gasteiger partial charge on any atom is -0.494 e. The third kappa shape index (κ3) is 5.94. The van der Waals surface area contributed by atoms with Gasteiger partial charge in [-0.25, -0.2) is 4.98 Å². The average Bonchev–Trinajstić information content (AvgIpc) is 3.03. The van der Waals surface area contributed by atoms with Crippen molar-refractivity contribution in [3.8, 4) is 11.5 Å². The van der Waals surface area contributed by atoms with Gasteiger partial charge in [0.15, 0.2) is 0 Å². The normalized spacial score (nSPS) is 17.5. The van der Waals surface area contributed by atoms with Crippen LogP contribution in [-0.2, 0) is 4.79 Å². The van der Waals surface area contributed by atoms with E-state index in [2.05, 4.69) is 21.8 Å². The van der Waals surface area contributed by atoms with E-state index in [0.717, 1.165) is 18.0 Å². The zero-order chi connectivity index (χ0) is 31.7. The minimum absolute atomic E-state index is 0.218. The van der Waals surface area contributed by atoms with E-state index in [0.29, 0.717) is 72.3 Å². The quantitative estimate of drug-likeness (QED) is 0.256. The molecule has 12 heteroatoms. The summed E-state index contributed by atoms with van der Waals surface area (Å²) in [5.74, 6) is 1.37. The molecule has 2 aromatic heterocycles. The van der Waals surface area contributed by atoms with Gasteiger partial charge in [-0.2, -0.15) is 4.98 Å². The number of amides is 1. The Morgan fingerprint density at radius 2 is 1.93 bits per heavy atom. The van der Waals surface area contributed by atoms with Crippen LogP contribution in [0.15, 0.2) is 72.2 Å². The maximum atomic E-state index is 14.3. The van der Waals surface area contributed by atoms with Gasteiger partial charge in [0.25, 0.3) is 11.5 Å². The lowest BCUT2D eigenvalue weighted by molar-refractivity contribution is -0.114. The molecule has 0 atom stereocenters. The first-order valence-corrected chi connectivity index (χ1v) is 14.9. The number of para-hydroxylation sites is 1. The molecule has 4 aromatic rings. The standard InChI is InChI=1S/C33H37N7O5/c1-5-29(42)39-14-13-38(26-7-6-8-28(44-4)30(26)39)27-17-21-20-34-33(36-31(21)40(32(27)43)23-18-24(41)19-23)35-22-9-11-25(12-10-22)45-16-15-37(2)3/h5-12,17,20,23-24,41H,1,13-16,18-19H2,2-4H3,(H,34,35,36). The first kappa shape index (κ1) is 30.1. The maximum absolute atomic E-state index is 14.3. The summed E-state index contributed by atoms with van der Waals surface area (Å²) < 4.78 is 13.1. The Kier molecular flexibility index (Phi) is 8.42. The summed E-state index contributed by atoms with van der Waals surface area (Å²) in [7, 11) is 5.55. The summed E-state index contributed by atoms with van der Waals surface area (Å²) >= 11 is 0. The number of pyridine rings is 1. The van der Waals surface area contributed by atoms with E-state index in [1.54, 1.807) is 34.9 Å². The summed E-state index contributed by atoms with van der Waals surface area (Å²) in [5.41, 5.74) is 2.69. The molecule has 45 heavy (non-hydrogen) atoms. The third-order valence-corrected chi connectivity index (χ3v) is 8.16. The van der Waals surface area contributed by atoms with Crippen LogP contribution in [0, 0.1) is 0 Å². The van der Waals surface area contributed by atoms with Crippen LogP contribution in [0.1, 0.15) is 18.9 Å². The molecule has 0 bridgehead atoms. The molecule has 1 aliphatic heterocycles. The number of likely N-dealkylation sites (N-methyl/N-ethyl adjacent to an activating group) is 1. The first-order valence-electron chi connectivity index (χ1n) is 14.9. The number of nitrogens with zero attached hydrogens (tertiary/aromatic N) is 6. The highest BCUT2D eigenvalue weighted by Crippen LogP contribution is 2.44. The van der Waals surface area contributed by atoms with E-state index in [9.17, 15) is 14.7 Å². The molecule has 1 aliphatic carbocycles. The average molecular weight is 612 g/mol. The van der Waals surface area contributed by atoms with Crippen LogP contribution in [0.3, 0.4) is 0 Å². The minimum atomic E-state index is -0.475. The number of carbonyl (C=O) groups excluding carboxylic acids is 1. The second kappa shape index (κ2) is 12.6. The van der Waals surface area contributed by atoms with Gasteiger partial charge in [-0.15, -0.1) is 0 Å². The molecule has 234 valence electrons. The van der Waals surface area contributed by atoms with Crippen LogP contribution in [-0.4, -0.2) is 84.0 Å². The molecule has 1 saturated carbocycles. The SMILES string of the molecule is C=CC(=O)N1CCN(c2cc3cnc(Nc4ccc(OCCN(C)C)cc4)nc3n(C3CC(O)C3)c2=O)c2cccc(OC)c21. The summed E-state index contributed by atoms with van der Waals surface area (Å²) in [5, 5.41) is 14.1. The second-order valence-electron chi connectivity index (χ2n) is 11.4. The molecule has 0 spiro atoms. The Morgan fingerprint density at radius 1 is 1.16 bits per heavy atom. The fourth-order valence-corrected chi connectivity index (χ4v) is 5.76. The van der Waals surface area contributed by atoms with E-state index in [4.69, 9.17) is 14.5 Å². The number of aliphatic hydroxyl groups is 1. The van der Waals surface area contributed by atoms with Gasteiger partial charge >= 0.3 is 0 Å². The van der Waals surface area contributed by atoms with Crippen molar-refractivity contribution in [3.63, 3.8) is 0 Å². The van der Waals surface area contributed by atoms with Crippen molar-refractivity contribution >= 4 is 45.6 Å². The lowest BCUT2D eigenvalue weighted by atomic mass is 9.89. The van der Waals surface area contributed by atoms with Crippen LogP contribution < -0.4 is 30.1 Å². The topological polar surface area (TPSA) is 125 Å². The van der Waals surface area contributed by atoms with Gasteiger partial charge in [-0.1, -0.05) is 12.6 Å². The molecule has 2 aliphatic rings. The van der Waals surface area contributed by atoms with Crippen molar-refractivity contribution in [2.75, 3.05) is 62.6 Å². The number of fused-ring (bicyclic) bond motifs is 2. The maximum Gasteiger partial charge on any atom is 0.276 e. The highest BCUT2D eigenvalue weighted by Gasteiger charge is 2.35. The number of aliphatic hydroxyl groups excluding tert-OH is 1. The molecule has 3 heterocycles.